The van der Waals surface area contributed by atoms with E-state index in [0.717, 1.165) is 15.6 Å². The number of halogens is 2. The molecule has 4 nitrogen and oxygen atoms in total. The number of benzene rings is 2. The predicted molar refractivity (Wildman–Crippen MR) is 96.8 cm³/mol. The Balaban J connectivity index is 1.79. The quantitative estimate of drug-likeness (QED) is 0.731. The first-order chi connectivity index (χ1) is 11.5. The van der Waals surface area contributed by atoms with E-state index < -0.39 is 5.97 Å². The third-order valence-corrected chi connectivity index (χ3v) is 4.35. The summed E-state index contributed by atoms with van der Waals surface area (Å²) in [7, 11) is 0. The lowest BCUT2D eigenvalue weighted by atomic mass is 10.1. The smallest absolute Gasteiger partial charge is 0.310 e. The van der Waals surface area contributed by atoms with Crippen LogP contribution in [0, 0.1) is 0 Å². The minimum Gasteiger partial charge on any atom is -0.455 e. The monoisotopic (exact) mass is 409 g/mol. The highest BCUT2D eigenvalue weighted by atomic mass is 79.9. The molecule has 0 spiro atoms. The Labute approximate surface area is 154 Å². The van der Waals surface area contributed by atoms with Gasteiger partial charge in [0.2, 0.25) is 0 Å². The van der Waals surface area contributed by atoms with Crippen LogP contribution in [0.4, 0.5) is 0 Å². The van der Waals surface area contributed by atoms with Crippen molar-refractivity contribution >= 4 is 39.4 Å². The van der Waals surface area contributed by atoms with E-state index in [9.17, 15) is 9.59 Å². The molecule has 2 aromatic carbocycles. The summed E-state index contributed by atoms with van der Waals surface area (Å²) in [5.41, 5.74) is 1.74. The normalized spacial score (nSPS) is 11.6. The molecule has 0 aliphatic rings. The van der Waals surface area contributed by atoms with Crippen LogP contribution in [0.2, 0.25) is 5.02 Å². The average molecular weight is 411 g/mol. The number of hydrogen-bond donors (Lipinski definition) is 1. The van der Waals surface area contributed by atoms with Gasteiger partial charge in [0.25, 0.3) is 5.91 Å². The SMILES string of the molecule is C[C@@H](NC(=O)COC(=O)Cc1ccc(Cl)cc1)c1ccccc1Br. The second-order valence-corrected chi connectivity index (χ2v) is 6.57. The molecular weight excluding hydrogens is 394 g/mol. The predicted octanol–water partition coefficient (Wildman–Crippen LogP) is 4.07. The van der Waals surface area contributed by atoms with Crippen LogP contribution in [-0.4, -0.2) is 18.5 Å². The van der Waals surface area contributed by atoms with Gasteiger partial charge in [-0.1, -0.05) is 57.9 Å². The maximum Gasteiger partial charge on any atom is 0.310 e. The molecule has 2 rings (SSSR count). The first kappa shape index (κ1) is 18.5. The van der Waals surface area contributed by atoms with Gasteiger partial charge in [-0.15, -0.1) is 0 Å². The van der Waals surface area contributed by atoms with Crippen molar-refractivity contribution in [3.8, 4) is 0 Å². The molecule has 1 atom stereocenters. The molecule has 0 heterocycles. The van der Waals surface area contributed by atoms with Gasteiger partial charge in [0, 0.05) is 9.50 Å². The Morgan fingerprint density at radius 2 is 1.83 bits per heavy atom. The standard InChI is InChI=1S/C18H17BrClNO3/c1-12(15-4-2-3-5-16(15)19)21-17(22)11-24-18(23)10-13-6-8-14(20)9-7-13/h2-9,12H,10-11H2,1H3,(H,21,22)/t12-/m1/s1. The summed E-state index contributed by atoms with van der Waals surface area (Å²) < 4.78 is 5.92. The fraction of sp³-hybridized carbons (Fsp3) is 0.222. The van der Waals surface area contributed by atoms with Crippen molar-refractivity contribution < 1.29 is 14.3 Å². The molecule has 1 N–H and O–H groups in total. The molecule has 2 aromatic rings. The number of ether oxygens (including phenoxy) is 1. The number of rotatable bonds is 6. The third kappa shape index (κ3) is 5.65. The lowest BCUT2D eigenvalue weighted by Crippen LogP contribution is -2.31. The van der Waals surface area contributed by atoms with Gasteiger partial charge in [-0.3, -0.25) is 9.59 Å². The summed E-state index contributed by atoms with van der Waals surface area (Å²) >= 11 is 9.23. The Morgan fingerprint density at radius 1 is 1.17 bits per heavy atom. The van der Waals surface area contributed by atoms with Crippen molar-refractivity contribution in [2.45, 2.75) is 19.4 Å². The molecule has 0 saturated heterocycles. The van der Waals surface area contributed by atoms with E-state index in [4.69, 9.17) is 16.3 Å². The van der Waals surface area contributed by atoms with E-state index in [1.165, 1.54) is 0 Å². The van der Waals surface area contributed by atoms with Gasteiger partial charge in [0.1, 0.15) is 0 Å². The van der Waals surface area contributed by atoms with Crippen molar-refractivity contribution in [3.63, 3.8) is 0 Å². The Bertz CT molecular complexity index is 718. The lowest BCUT2D eigenvalue weighted by molar-refractivity contribution is -0.148. The van der Waals surface area contributed by atoms with Crippen LogP contribution >= 0.6 is 27.5 Å². The Hall–Kier alpha value is -1.85. The number of carbonyl (C=O) groups excluding carboxylic acids is 2. The van der Waals surface area contributed by atoms with Gasteiger partial charge in [0.05, 0.1) is 12.5 Å². The molecule has 24 heavy (non-hydrogen) atoms. The second-order valence-electron chi connectivity index (χ2n) is 5.27. The number of nitrogens with one attached hydrogen (secondary N) is 1. The highest BCUT2D eigenvalue weighted by molar-refractivity contribution is 9.10. The van der Waals surface area contributed by atoms with Crippen LogP contribution in [-0.2, 0) is 20.7 Å². The van der Waals surface area contributed by atoms with Crippen molar-refractivity contribution in [3.05, 3.63) is 69.2 Å². The minimum absolute atomic E-state index is 0.101. The fourth-order valence-corrected chi connectivity index (χ4v) is 2.91. The molecule has 1 amide bonds. The fourth-order valence-electron chi connectivity index (χ4n) is 2.15. The summed E-state index contributed by atoms with van der Waals surface area (Å²) in [5.74, 6) is -0.802. The van der Waals surface area contributed by atoms with E-state index in [-0.39, 0.29) is 25.0 Å². The van der Waals surface area contributed by atoms with Crippen molar-refractivity contribution in [2.24, 2.45) is 0 Å². The molecule has 0 unspecified atom stereocenters. The largest absolute Gasteiger partial charge is 0.455 e. The highest BCUT2D eigenvalue weighted by Crippen LogP contribution is 2.22. The zero-order valence-corrected chi connectivity index (χ0v) is 15.4. The van der Waals surface area contributed by atoms with Gasteiger partial charge in [0.15, 0.2) is 6.61 Å². The molecule has 0 bridgehead atoms. The highest BCUT2D eigenvalue weighted by Gasteiger charge is 2.14. The topological polar surface area (TPSA) is 55.4 Å². The zero-order valence-electron chi connectivity index (χ0n) is 13.1. The number of carbonyl (C=O) groups is 2. The van der Waals surface area contributed by atoms with Gasteiger partial charge in [-0.05, 0) is 36.2 Å². The molecule has 0 aliphatic heterocycles. The second kappa shape index (κ2) is 8.85. The molecule has 0 fully saturated rings. The van der Waals surface area contributed by atoms with Crippen LogP contribution in [0.5, 0.6) is 0 Å². The van der Waals surface area contributed by atoms with E-state index in [1.807, 2.05) is 31.2 Å². The van der Waals surface area contributed by atoms with E-state index in [1.54, 1.807) is 24.3 Å². The maximum atomic E-state index is 11.9. The maximum absolute atomic E-state index is 11.9. The Morgan fingerprint density at radius 3 is 2.50 bits per heavy atom. The molecule has 0 saturated carbocycles. The molecule has 6 heteroatoms. The molecule has 0 aliphatic carbocycles. The molecule has 0 aromatic heterocycles. The minimum atomic E-state index is -0.457. The number of amides is 1. The zero-order chi connectivity index (χ0) is 17.5. The van der Waals surface area contributed by atoms with Gasteiger partial charge < -0.3 is 10.1 Å². The summed E-state index contributed by atoms with van der Waals surface area (Å²) in [6.07, 6.45) is 0.101. The van der Waals surface area contributed by atoms with Crippen LogP contribution in [0.3, 0.4) is 0 Å². The van der Waals surface area contributed by atoms with Crippen LogP contribution in [0.25, 0.3) is 0 Å². The van der Waals surface area contributed by atoms with Gasteiger partial charge >= 0.3 is 5.97 Å². The number of hydrogen-bond acceptors (Lipinski definition) is 3. The Kier molecular flexibility index (Phi) is 6.82. The van der Waals surface area contributed by atoms with Gasteiger partial charge in [-0.2, -0.15) is 0 Å². The van der Waals surface area contributed by atoms with Crippen molar-refractivity contribution in [1.29, 1.82) is 0 Å². The summed E-state index contributed by atoms with van der Waals surface area (Å²) in [4.78, 5) is 23.7. The van der Waals surface area contributed by atoms with Crippen molar-refractivity contribution in [2.75, 3.05) is 6.61 Å². The van der Waals surface area contributed by atoms with E-state index in [2.05, 4.69) is 21.2 Å². The number of esters is 1. The first-order valence-corrected chi connectivity index (χ1v) is 8.56. The van der Waals surface area contributed by atoms with E-state index >= 15 is 0 Å². The van der Waals surface area contributed by atoms with Crippen LogP contribution < -0.4 is 5.32 Å². The van der Waals surface area contributed by atoms with E-state index in [0.29, 0.717) is 5.02 Å². The van der Waals surface area contributed by atoms with Gasteiger partial charge in [-0.25, -0.2) is 0 Å². The first-order valence-electron chi connectivity index (χ1n) is 7.39. The van der Waals surface area contributed by atoms with Crippen molar-refractivity contribution in [1.82, 2.24) is 5.32 Å². The molecular formula is C18H17BrClNO3. The van der Waals surface area contributed by atoms with Crippen LogP contribution in [0.15, 0.2) is 53.0 Å². The summed E-state index contributed by atoms with van der Waals surface area (Å²) in [5, 5.41) is 3.40. The summed E-state index contributed by atoms with van der Waals surface area (Å²) in [6, 6.07) is 14.3. The molecule has 0 radical (unpaired) electrons. The average Bonchev–Trinajstić information content (AvgIpc) is 2.55. The third-order valence-electron chi connectivity index (χ3n) is 3.38. The van der Waals surface area contributed by atoms with Crippen LogP contribution in [0.1, 0.15) is 24.1 Å². The summed E-state index contributed by atoms with van der Waals surface area (Å²) in [6.45, 7) is 1.56. The molecule has 126 valence electrons. The lowest BCUT2D eigenvalue weighted by Gasteiger charge is -2.15.